The molecule has 140 valence electrons. The first-order chi connectivity index (χ1) is 13.5. The standard InChI is InChI=1S/C22H17Cl2N3O/c1-13-9-11-25-18(12-13)27-21(19-16(23)5-2-6-17(19)24)15-8-7-14-4-3-10-26-20(14)22(15)28/h2-12,21,28H,1H3,(H,25,27). The number of benzene rings is 2. The third kappa shape index (κ3) is 3.49. The van der Waals surface area contributed by atoms with Gasteiger partial charge in [0, 0.05) is 39.0 Å². The highest BCUT2D eigenvalue weighted by molar-refractivity contribution is 6.36. The van der Waals surface area contributed by atoms with Crippen LogP contribution < -0.4 is 5.32 Å². The average molecular weight is 410 g/mol. The molecule has 2 heterocycles. The van der Waals surface area contributed by atoms with Crippen LogP contribution in [-0.4, -0.2) is 15.1 Å². The third-order valence-corrected chi connectivity index (χ3v) is 5.25. The van der Waals surface area contributed by atoms with E-state index in [4.69, 9.17) is 23.2 Å². The maximum Gasteiger partial charge on any atom is 0.147 e. The first kappa shape index (κ1) is 18.5. The van der Waals surface area contributed by atoms with Gasteiger partial charge in [0.15, 0.2) is 0 Å². The van der Waals surface area contributed by atoms with Crippen molar-refractivity contribution in [2.24, 2.45) is 0 Å². The lowest BCUT2D eigenvalue weighted by Gasteiger charge is -2.24. The Morgan fingerprint density at radius 3 is 2.46 bits per heavy atom. The molecule has 0 saturated heterocycles. The summed E-state index contributed by atoms with van der Waals surface area (Å²) in [6.07, 6.45) is 3.38. The number of hydrogen-bond acceptors (Lipinski definition) is 4. The predicted octanol–water partition coefficient (Wildman–Crippen LogP) is 6.15. The summed E-state index contributed by atoms with van der Waals surface area (Å²) in [7, 11) is 0. The predicted molar refractivity (Wildman–Crippen MR) is 114 cm³/mol. The van der Waals surface area contributed by atoms with Gasteiger partial charge in [-0.2, -0.15) is 0 Å². The molecule has 0 radical (unpaired) electrons. The molecule has 1 unspecified atom stereocenters. The van der Waals surface area contributed by atoms with Gasteiger partial charge in [-0.3, -0.25) is 4.98 Å². The van der Waals surface area contributed by atoms with Gasteiger partial charge in [-0.25, -0.2) is 4.98 Å². The minimum Gasteiger partial charge on any atom is -0.505 e. The number of phenolic OH excluding ortho intramolecular Hbond substituents is 1. The highest BCUT2D eigenvalue weighted by Gasteiger charge is 2.24. The number of aryl methyl sites for hydroxylation is 1. The number of phenols is 1. The summed E-state index contributed by atoms with van der Waals surface area (Å²) in [5.41, 5.74) is 2.86. The quantitative estimate of drug-likeness (QED) is 0.424. The van der Waals surface area contributed by atoms with E-state index in [0.29, 0.717) is 32.5 Å². The zero-order chi connectivity index (χ0) is 19.7. The average Bonchev–Trinajstić information content (AvgIpc) is 2.68. The van der Waals surface area contributed by atoms with Crippen molar-refractivity contribution in [1.29, 1.82) is 0 Å². The van der Waals surface area contributed by atoms with E-state index >= 15 is 0 Å². The van der Waals surface area contributed by atoms with Crippen molar-refractivity contribution in [3.05, 3.63) is 93.7 Å². The number of rotatable bonds is 4. The van der Waals surface area contributed by atoms with Gasteiger partial charge < -0.3 is 10.4 Å². The molecule has 0 aliphatic carbocycles. The second-order valence-electron chi connectivity index (χ2n) is 6.51. The molecule has 4 rings (SSSR count). The second-order valence-corrected chi connectivity index (χ2v) is 7.32. The fourth-order valence-electron chi connectivity index (χ4n) is 3.23. The Morgan fingerprint density at radius 1 is 0.929 bits per heavy atom. The van der Waals surface area contributed by atoms with E-state index in [9.17, 15) is 5.11 Å². The van der Waals surface area contributed by atoms with E-state index in [1.165, 1.54) is 0 Å². The summed E-state index contributed by atoms with van der Waals surface area (Å²) in [5, 5.41) is 16.2. The molecule has 2 aromatic heterocycles. The molecular weight excluding hydrogens is 393 g/mol. The fourth-order valence-corrected chi connectivity index (χ4v) is 3.85. The number of aromatic nitrogens is 2. The number of nitrogens with one attached hydrogen (secondary N) is 1. The molecule has 2 aromatic carbocycles. The lowest BCUT2D eigenvalue weighted by atomic mass is 9.96. The van der Waals surface area contributed by atoms with Gasteiger partial charge in [-0.05, 0) is 42.8 Å². The van der Waals surface area contributed by atoms with E-state index in [0.717, 1.165) is 10.9 Å². The van der Waals surface area contributed by atoms with Crippen LogP contribution in [0.5, 0.6) is 5.75 Å². The van der Waals surface area contributed by atoms with Crippen molar-refractivity contribution < 1.29 is 5.11 Å². The van der Waals surface area contributed by atoms with Crippen LogP contribution >= 0.6 is 23.2 Å². The van der Waals surface area contributed by atoms with Crippen molar-refractivity contribution in [1.82, 2.24) is 9.97 Å². The summed E-state index contributed by atoms with van der Waals surface area (Å²) < 4.78 is 0. The molecule has 0 spiro atoms. The number of hydrogen-bond donors (Lipinski definition) is 2. The van der Waals surface area contributed by atoms with Crippen LogP contribution in [0.4, 0.5) is 5.82 Å². The van der Waals surface area contributed by atoms with Gasteiger partial charge >= 0.3 is 0 Å². The van der Waals surface area contributed by atoms with Crippen LogP contribution in [0.3, 0.4) is 0 Å². The van der Waals surface area contributed by atoms with Crippen molar-refractivity contribution in [3.8, 4) is 5.75 Å². The zero-order valence-corrected chi connectivity index (χ0v) is 16.5. The molecule has 0 saturated carbocycles. The third-order valence-electron chi connectivity index (χ3n) is 4.59. The van der Waals surface area contributed by atoms with Gasteiger partial charge in [-0.15, -0.1) is 0 Å². The Hall–Kier alpha value is -2.82. The summed E-state index contributed by atoms with van der Waals surface area (Å²) in [6.45, 7) is 1.99. The lowest BCUT2D eigenvalue weighted by molar-refractivity contribution is 0.471. The number of pyridine rings is 2. The van der Waals surface area contributed by atoms with Crippen LogP contribution in [0.1, 0.15) is 22.7 Å². The topological polar surface area (TPSA) is 58.0 Å². The van der Waals surface area contributed by atoms with Gasteiger partial charge in [0.1, 0.15) is 17.1 Å². The first-order valence-corrected chi connectivity index (χ1v) is 9.50. The Balaban J connectivity index is 1.92. The number of fused-ring (bicyclic) bond motifs is 1. The van der Waals surface area contributed by atoms with Gasteiger partial charge in [-0.1, -0.05) is 47.5 Å². The molecule has 4 aromatic rings. The molecule has 0 aliphatic rings. The SMILES string of the molecule is Cc1ccnc(NC(c2ccc3cccnc3c2O)c2c(Cl)cccc2Cl)c1. The Kier molecular flexibility index (Phi) is 5.07. The molecule has 0 amide bonds. The lowest BCUT2D eigenvalue weighted by Crippen LogP contribution is -2.15. The maximum absolute atomic E-state index is 11.0. The highest BCUT2D eigenvalue weighted by atomic mass is 35.5. The highest BCUT2D eigenvalue weighted by Crippen LogP contribution is 2.41. The van der Waals surface area contributed by atoms with Crippen molar-refractivity contribution in [2.75, 3.05) is 5.32 Å². The van der Waals surface area contributed by atoms with Gasteiger partial charge in [0.2, 0.25) is 0 Å². The summed E-state index contributed by atoms with van der Waals surface area (Å²) in [6, 6.07) is 16.2. The molecule has 28 heavy (non-hydrogen) atoms. The largest absolute Gasteiger partial charge is 0.505 e. The minimum atomic E-state index is -0.512. The summed E-state index contributed by atoms with van der Waals surface area (Å²) in [5.74, 6) is 0.737. The Bertz CT molecular complexity index is 1140. The van der Waals surface area contributed by atoms with Crippen LogP contribution in [0.2, 0.25) is 10.0 Å². The number of aromatic hydroxyl groups is 1. The van der Waals surface area contributed by atoms with E-state index in [1.54, 1.807) is 30.6 Å². The molecule has 0 fully saturated rings. The number of anilines is 1. The maximum atomic E-state index is 11.0. The smallest absolute Gasteiger partial charge is 0.147 e. The number of halogens is 2. The molecule has 4 nitrogen and oxygen atoms in total. The molecular formula is C22H17Cl2N3O. The van der Waals surface area contributed by atoms with E-state index in [2.05, 4.69) is 15.3 Å². The molecule has 6 heteroatoms. The van der Waals surface area contributed by atoms with Crippen LogP contribution in [0.15, 0.2) is 67.0 Å². The van der Waals surface area contributed by atoms with E-state index in [1.807, 2.05) is 43.3 Å². The van der Waals surface area contributed by atoms with E-state index in [-0.39, 0.29) is 5.75 Å². The second kappa shape index (κ2) is 7.66. The Labute approximate surface area is 172 Å². The zero-order valence-electron chi connectivity index (χ0n) is 15.0. The first-order valence-electron chi connectivity index (χ1n) is 8.74. The molecule has 1 atom stereocenters. The normalized spacial score (nSPS) is 12.1. The molecule has 0 aliphatic heterocycles. The summed E-state index contributed by atoms with van der Waals surface area (Å²) >= 11 is 13.0. The summed E-state index contributed by atoms with van der Waals surface area (Å²) in [4.78, 5) is 8.71. The van der Waals surface area contributed by atoms with E-state index < -0.39 is 6.04 Å². The van der Waals surface area contributed by atoms with Crippen molar-refractivity contribution in [3.63, 3.8) is 0 Å². The monoisotopic (exact) mass is 409 g/mol. The Morgan fingerprint density at radius 2 is 1.71 bits per heavy atom. The van der Waals surface area contributed by atoms with Crippen molar-refractivity contribution >= 4 is 39.9 Å². The van der Waals surface area contributed by atoms with Crippen LogP contribution in [0, 0.1) is 6.92 Å². The number of nitrogens with zero attached hydrogens (tertiary/aromatic N) is 2. The van der Waals surface area contributed by atoms with Crippen LogP contribution in [0.25, 0.3) is 10.9 Å². The van der Waals surface area contributed by atoms with Crippen LogP contribution in [-0.2, 0) is 0 Å². The fraction of sp³-hybridized carbons (Fsp3) is 0.0909. The molecule has 2 N–H and O–H groups in total. The van der Waals surface area contributed by atoms with Gasteiger partial charge in [0.05, 0.1) is 6.04 Å². The van der Waals surface area contributed by atoms with Crippen molar-refractivity contribution in [2.45, 2.75) is 13.0 Å². The minimum absolute atomic E-state index is 0.0826. The molecule has 0 bridgehead atoms. The van der Waals surface area contributed by atoms with Gasteiger partial charge in [0.25, 0.3) is 0 Å².